The quantitative estimate of drug-likeness (QED) is 0.442. The summed E-state index contributed by atoms with van der Waals surface area (Å²) in [6.45, 7) is 3.66. The molecule has 1 aliphatic rings. The first kappa shape index (κ1) is 14.2. The predicted octanol–water partition coefficient (Wildman–Crippen LogP) is 1.93. The number of rotatable bonds is 3. The second kappa shape index (κ2) is 5.67. The van der Waals surface area contributed by atoms with E-state index in [9.17, 15) is 9.36 Å². The Morgan fingerprint density at radius 3 is 2.71 bits per heavy atom. The monoisotopic (exact) mass is 263 g/mol. The Morgan fingerprint density at radius 1 is 1.53 bits per heavy atom. The number of phosphoric ester groups is 1. The van der Waals surface area contributed by atoms with Crippen molar-refractivity contribution < 1.29 is 22.9 Å². The van der Waals surface area contributed by atoms with E-state index in [1.54, 1.807) is 21.0 Å². The Labute approximate surface area is 101 Å². The SMILES string of the molecule is C/C(=C\C(=O)N(C)C)OP1(=O)OCCC(C)O1. The maximum Gasteiger partial charge on any atom is 0.530 e. The van der Waals surface area contributed by atoms with E-state index in [0.717, 1.165) is 0 Å². The van der Waals surface area contributed by atoms with Gasteiger partial charge in [-0.1, -0.05) is 0 Å². The van der Waals surface area contributed by atoms with Gasteiger partial charge in [-0.05, 0) is 20.3 Å². The molecule has 1 rings (SSSR count). The van der Waals surface area contributed by atoms with E-state index in [1.807, 2.05) is 0 Å². The molecule has 1 fully saturated rings. The first-order valence-electron chi connectivity index (χ1n) is 5.34. The lowest BCUT2D eigenvalue weighted by atomic mass is 10.3. The Morgan fingerprint density at radius 2 is 2.18 bits per heavy atom. The normalized spacial score (nSPS) is 29.9. The molecular formula is C10H18NO5P. The van der Waals surface area contributed by atoms with E-state index >= 15 is 0 Å². The molecule has 0 N–H and O–H groups in total. The molecule has 0 aromatic heterocycles. The molecule has 7 heteroatoms. The van der Waals surface area contributed by atoms with Gasteiger partial charge in [0.1, 0.15) is 5.76 Å². The predicted molar refractivity (Wildman–Crippen MR) is 62.3 cm³/mol. The highest BCUT2D eigenvalue weighted by molar-refractivity contribution is 7.48. The van der Waals surface area contributed by atoms with Crippen molar-refractivity contribution in [2.75, 3.05) is 20.7 Å². The molecule has 2 unspecified atom stereocenters. The second-order valence-electron chi connectivity index (χ2n) is 4.06. The zero-order chi connectivity index (χ0) is 13.1. The largest absolute Gasteiger partial charge is 0.530 e. The Kier molecular flexibility index (Phi) is 4.74. The highest BCUT2D eigenvalue weighted by Crippen LogP contribution is 2.54. The van der Waals surface area contributed by atoms with Crippen LogP contribution in [0, 0.1) is 0 Å². The van der Waals surface area contributed by atoms with Gasteiger partial charge in [0.15, 0.2) is 0 Å². The lowest BCUT2D eigenvalue weighted by Gasteiger charge is -2.26. The van der Waals surface area contributed by atoms with E-state index in [1.165, 1.54) is 17.9 Å². The van der Waals surface area contributed by atoms with Crippen LogP contribution in [-0.2, 0) is 22.9 Å². The molecule has 1 saturated heterocycles. The zero-order valence-electron chi connectivity index (χ0n) is 10.5. The summed E-state index contributed by atoms with van der Waals surface area (Å²) < 4.78 is 27.2. The minimum Gasteiger partial charge on any atom is -0.409 e. The number of likely N-dealkylation sites (N-methyl/N-ethyl adjacent to an activating group) is 1. The van der Waals surface area contributed by atoms with E-state index in [-0.39, 0.29) is 17.8 Å². The average molecular weight is 263 g/mol. The minimum atomic E-state index is -3.55. The minimum absolute atomic E-state index is 0.174. The molecule has 1 aliphatic heterocycles. The summed E-state index contributed by atoms with van der Waals surface area (Å²) in [5, 5.41) is 0. The molecule has 0 aromatic rings. The molecular weight excluding hydrogens is 245 g/mol. The van der Waals surface area contributed by atoms with Gasteiger partial charge in [0.05, 0.1) is 12.7 Å². The van der Waals surface area contributed by atoms with Crippen molar-refractivity contribution in [1.29, 1.82) is 0 Å². The Balaban J connectivity index is 2.64. The highest BCUT2D eigenvalue weighted by Gasteiger charge is 2.35. The van der Waals surface area contributed by atoms with Crippen LogP contribution < -0.4 is 0 Å². The molecule has 1 amide bonds. The maximum atomic E-state index is 12.0. The summed E-state index contributed by atoms with van der Waals surface area (Å²) >= 11 is 0. The molecule has 0 radical (unpaired) electrons. The van der Waals surface area contributed by atoms with Gasteiger partial charge >= 0.3 is 7.82 Å². The Bertz CT molecular complexity index is 366. The summed E-state index contributed by atoms with van der Waals surface area (Å²) in [4.78, 5) is 12.7. The van der Waals surface area contributed by atoms with Crippen molar-refractivity contribution in [2.45, 2.75) is 26.4 Å². The number of nitrogens with zero attached hydrogens (tertiary/aromatic N) is 1. The van der Waals surface area contributed by atoms with E-state index in [4.69, 9.17) is 13.6 Å². The number of hydrogen-bond donors (Lipinski definition) is 0. The van der Waals surface area contributed by atoms with E-state index in [2.05, 4.69) is 0 Å². The average Bonchev–Trinajstić information content (AvgIpc) is 2.15. The van der Waals surface area contributed by atoms with Crippen molar-refractivity contribution in [3.8, 4) is 0 Å². The zero-order valence-corrected chi connectivity index (χ0v) is 11.4. The summed E-state index contributed by atoms with van der Waals surface area (Å²) in [6.07, 6.45) is 1.74. The third-order valence-electron chi connectivity index (χ3n) is 2.11. The topological polar surface area (TPSA) is 65.1 Å². The van der Waals surface area contributed by atoms with Crippen LogP contribution in [-0.4, -0.2) is 37.6 Å². The summed E-state index contributed by atoms with van der Waals surface area (Å²) in [5.74, 6) is -0.0414. The van der Waals surface area contributed by atoms with Crippen LogP contribution >= 0.6 is 7.82 Å². The first-order valence-corrected chi connectivity index (χ1v) is 6.80. The van der Waals surface area contributed by atoms with E-state index in [0.29, 0.717) is 13.0 Å². The van der Waals surface area contributed by atoms with Gasteiger partial charge in [0.25, 0.3) is 0 Å². The van der Waals surface area contributed by atoms with Gasteiger partial charge in [-0.2, -0.15) is 0 Å². The van der Waals surface area contributed by atoms with Gasteiger partial charge < -0.3 is 9.42 Å². The molecule has 0 aromatic carbocycles. The lowest BCUT2D eigenvalue weighted by Crippen LogP contribution is -2.20. The van der Waals surface area contributed by atoms with Crippen molar-refractivity contribution >= 4 is 13.7 Å². The van der Waals surface area contributed by atoms with Crippen LogP contribution in [0.5, 0.6) is 0 Å². The fourth-order valence-electron chi connectivity index (χ4n) is 1.19. The van der Waals surface area contributed by atoms with Crippen LogP contribution in [0.4, 0.5) is 0 Å². The van der Waals surface area contributed by atoms with Crippen LogP contribution in [0.2, 0.25) is 0 Å². The van der Waals surface area contributed by atoms with Gasteiger partial charge in [-0.25, -0.2) is 4.57 Å². The molecule has 98 valence electrons. The molecule has 6 nitrogen and oxygen atoms in total. The molecule has 0 spiro atoms. The number of phosphoric acid groups is 1. The Hall–Kier alpha value is -0.840. The molecule has 17 heavy (non-hydrogen) atoms. The van der Waals surface area contributed by atoms with Crippen molar-refractivity contribution in [1.82, 2.24) is 4.90 Å². The molecule has 1 heterocycles. The van der Waals surface area contributed by atoms with Gasteiger partial charge in [0.2, 0.25) is 5.91 Å². The maximum absolute atomic E-state index is 12.0. The molecule has 0 aliphatic carbocycles. The fraction of sp³-hybridized carbons (Fsp3) is 0.700. The highest BCUT2D eigenvalue weighted by atomic mass is 31.2. The van der Waals surface area contributed by atoms with Crippen LogP contribution in [0.15, 0.2) is 11.8 Å². The van der Waals surface area contributed by atoms with Gasteiger partial charge in [-0.15, -0.1) is 0 Å². The van der Waals surface area contributed by atoms with Gasteiger partial charge in [-0.3, -0.25) is 13.8 Å². The fourth-order valence-corrected chi connectivity index (χ4v) is 2.62. The molecule has 0 bridgehead atoms. The summed E-state index contributed by atoms with van der Waals surface area (Å²) in [6, 6.07) is 0. The summed E-state index contributed by atoms with van der Waals surface area (Å²) in [5.41, 5.74) is 0. The lowest BCUT2D eigenvalue weighted by molar-refractivity contribution is -0.123. The number of amides is 1. The smallest absolute Gasteiger partial charge is 0.409 e. The number of carbonyl (C=O) groups excluding carboxylic acids is 1. The third kappa shape index (κ3) is 4.50. The summed E-state index contributed by atoms with van der Waals surface area (Å²) in [7, 11) is -0.321. The third-order valence-corrected chi connectivity index (χ3v) is 3.73. The van der Waals surface area contributed by atoms with E-state index < -0.39 is 7.82 Å². The molecule has 2 atom stereocenters. The van der Waals surface area contributed by atoms with Crippen LogP contribution in [0.25, 0.3) is 0 Å². The van der Waals surface area contributed by atoms with Crippen molar-refractivity contribution in [3.63, 3.8) is 0 Å². The van der Waals surface area contributed by atoms with Gasteiger partial charge in [0, 0.05) is 20.2 Å². The van der Waals surface area contributed by atoms with Crippen molar-refractivity contribution in [2.24, 2.45) is 0 Å². The first-order chi connectivity index (χ1) is 7.82. The van der Waals surface area contributed by atoms with Crippen molar-refractivity contribution in [3.05, 3.63) is 11.8 Å². The second-order valence-corrected chi connectivity index (χ2v) is 5.61. The standard InChI is InChI=1S/C10H18NO5P/c1-8-5-6-14-17(13,15-8)16-9(2)7-10(12)11(3)4/h7-8H,5-6H2,1-4H3/b9-7+. The number of carbonyl (C=O) groups is 1. The molecule has 0 saturated carbocycles. The number of allylic oxidation sites excluding steroid dienone is 1. The van der Waals surface area contributed by atoms with Crippen LogP contribution in [0.3, 0.4) is 0 Å². The number of hydrogen-bond acceptors (Lipinski definition) is 5. The van der Waals surface area contributed by atoms with Crippen LogP contribution in [0.1, 0.15) is 20.3 Å².